The third kappa shape index (κ3) is 3.46. The number of nitro benzene ring substituents is 1. The van der Waals surface area contributed by atoms with Gasteiger partial charge in [-0.2, -0.15) is 0 Å². The number of non-ortho nitro benzene ring substituents is 1. The van der Waals surface area contributed by atoms with Crippen molar-refractivity contribution in [3.05, 3.63) is 88.1 Å². The average molecular weight is 428 g/mol. The van der Waals surface area contributed by atoms with Crippen LogP contribution in [-0.2, 0) is 6.54 Å². The van der Waals surface area contributed by atoms with E-state index in [4.69, 9.17) is 0 Å². The first-order valence-corrected chi connectivity index (χ1v) is 11.0. The number of benzene rings is 3. The molecule has 0 bridgehead atoms. The number of carbonyl (C=O) groups excluding carboxylic acids is 1. The molecule has 1 aliphatic rings. The summed E-state index contributed by atoms with van der Waals surface area (Å²) in [6, 6.07) is 18.5. The standard InChI is InChI=1S/C26H25N3O3/c1-27-15-7-6-8-18(27)16-28-17-23(21-11-4-5-12-24(21)28)26(30)22-13-14-25(29(31)32)20-10-3-2-9-19(20)22/h2-5,9-14,17-18H,6-8,15-16H2,1H3. The zero-order chi connectivity index (χ0) is 22.2. The van der Waals surface area contributed by atoms with E-state index in [0.717, 1.165) is 30.4 Å². The van der Waals surface area contributed by atoms with Crippen LogP contribution in [0.3, 0.4) is 0 Å². The van der Waals surface area contributed by atoms with Gasteiger partial charge in [0.1, 0.15) is 0 Å². The maximum Gasteiger partial charge on any atom is 0.277 e. The lowest BCUT2D eigenvalue weighted by atomic mass is 9.96. The molecule has 1 aromatic heterocycles. The summed E-state index contributed by atoms with van der Waals surface area (Å²) in [7, 11) is 2.17. The highest BCUT2D eigenvalue weighted by molar-refractivity contribution is 6.22. The van der Waals surface area contributed by atoms with Crippen LogP contribution in [0.5, 0.6) is 0 Å². The van der Waals surface area contributed by atoms with Crippen LogP contribution in [0.2, 0.25) is 0 Å². The van der Waals surface area contributed by atoms with Crippen LogP contribution in [0.15, 0.2) is 66.9 Å². The summed E-state index contributed by atoms with van der Waals surface area (Å²) >= 11 is 0. The highest BCUT2D eigenvalue weighted by atomic mass is 16.6. The molecule has 2 heterocycles. The second kappa shape index (κ2) is 8.20. The Morgan fingerprint density at radius 1 is 0.969 bits per heavy atom. The number of nitrogens with zero attached hydrogens (tertiary/aromatic N) is 3. The van der Waals surface area contributed by atoms with Gasteiger partial charge in [-0.15, -0.1) is 0 Å². The molecule has 1 atom stereocenters. The van der Waals surface area contributed by atoms with E-state index in [0.29, 0.717) is 27.9 Å². The summed E-state index contributed by atoms with van der Waals surface area (Å²) in [4.78, 5) is 27.2. The molecule has 6 heteroatoms. The van der Waals surface area contributed by atoms with E-state index in [2.05, 4.69) is 22.6 Å². The van der Waals surface area contributed by atoms with Crippen LogP contribution in [0.25, 0.3) is 21.7 Å². The van der Waals surface area contributed by atoms with Gasteiger partial charge in [-0.3, -0.25) is 14.9 Å². The molecular formula is C26H25N3O3. The first kappa shape index (κ1) is 20.4. The number of hydrogen-bond acceptors (Lipinski definition) is 4. The van der Waals surface area contributed by atoms with Crippen LogP contribution in [-0.4, -0.2) is 39.8 Å². The minimum absolute atomic E-state index is 0.0138. The molecule has 1 saturated heterocycles. The van der Waals surface area contributed by atoms with Gasteiger partial charge in [0.2, 0.25) is 0 Å². The van der Waals surface area contributed by atoms with Crippen molar-refractivity contribution in [1.29, 1.82) is 0 Å². The molecule has 3 aromatic carbocycles. The molecule has 4 aromatic rings. The minimum Gasteiger partial charge on any atom is -0.345 e. The number of hydrogen-bond donors (Lipinski definition) is 0. The van der Waals surface area contributed by atoms with Gasteiger partial charge in [-0.05, 0) is 50.0 Å². The third-order valence-corrected chi connectivity index (χ3v) is 6.70. The number of fused-ring (bicyclic) bond motifs is 2. The Morgan fingerprint density at radius 2 is 1.69 bits per heavy atom. The molecule has 1 aliphatic heterocycles. The summed E-state index contributed by atoms with van der Waals surface area (Å²) < 4.78 is 2.20. The smallest absolute Gasteiger partial charge is 0.277 e. The first-order valence-electron chi connectivity index (χ1n) is 11.0. The second-order valence-electron chi connectivity index (χ2n) is 8.61. The summed E-state index contributed by atoms with van der Waals surface area (Å²) in [5.74, 6) is -0.108. The van der Waals surface area contributed by atoms with Crippen LogP contribution in [0, 0.1) is 10.1 Å². The predicted molar refractivity (Wildman–Crippen MR) is 126 cm³/mol. The van der Waals surface area contributed by atoms with Crippen LogP contribution >= 0.6 is 0 Å². The number of para-hydroxylation sites is 1. The minimum atomic E-state index is -0.400. The Morgan fingerprint density at radius 3 is 2.44 bits per heavy atom. The topological polar surface area (TPSA) is 68.4 Å². The maximum atomic E-state index is 13.7. The quantitative estimate of drug-likeness (QED) is 0.242. The van der Waals surface area contributed by atoms with E-state index in [1.165, 1.54) is 18.9 Å². The fourth-order valence-electron chi connectivity index (χ4n) is 4.97. The molecule has 0 spiro atoms. The zero-order valence-electron chi connectivity index (χ0n) is 18.0. The van der Waals surface area contributed by atoms with Crippen molar-refractivity contribution < 1.29 is 9.72 Å². The molecule has 6 nitrogen and oxygen atoms in total. The number of nitro groups is 1. The number of likely N-dealkylation sites (N-methyl/N-ethyl adjacent to an activating group) is 1. The van der Waals surface area contributed by atoms with Gasteiger partial charge in [0, 0.05) is 46.9 Å². The van der Waals surface area contributed by atoms with Crippen molar-refractivity contribution in [2.45, 2.75) is 31.8 Å². The number of rotatable bonds is 5. The van der Waals surface area contributed by atoms with Crippen molar-refractivity contribution in [2.24, 2.45) is 0 Å². The van der Waals surface area contributed by atoms with E-state index < -0.39 is 4.92 Å². The molecule has 0 N–H and O–H groups in total. The lowest BCUT2D eigenvalue weighted by Crippen LogP contribution is -2.39. The molecule has 162 valence electrons. The third-order valence-electron chi connectivity index (χ3n) is 6.70. The van der Waals surface area contributed by atoms with E-state index >= 15 is 0 Å². The molecule has 32 heavy (non-hydrogen) atoms. The summed E-state index contributed by atoms with van der Waals surface area (Å²) in [6.07, 6.45) is 5.58. The van der Waals surface area contributed by atoms with E-state index in [1.54, 1.807) is 24.3 Å². The van der Waals surface area contributed by atoms with Crippen molar-refractivity contribution >= 4 is 33.1 Å². The SMILES string of the molecule is CN1CCCCC1Cn1cc(C(=O)c2ccc([N+](=O)[O-])c3ccccc23)c2ccccc21. The van der Waals surface area contributed by atoms with Gasteiger partial charge in [0.05, 0.1) is 10.3 Å². The fraction of sp³-hybridized carbons (Fsp3) is 0.269. The Bertz CT molecular complexity index is 1340. The first-order chi connectivity index (χ1) is 15.5. The van der Waals surface area contributed by atoms with Gasteiger partial charge in [-0.25, -0.2) is 0 Å². The monoisotopic (exact) mass is 427 g/mol. The number of aromatic nitrogens is 1. The second-order valence-corrected chi connectivity index (χ2v) is 8.61. The molecule has 0 radical (unpaired) electrons. The zero-order valence-corrected chi connectivity index (χ0v) is 18.0. The lowest BCUT2D eigenvalue weighted by molar-refractivity contribution is -0.383. The maximum absolute atomic E-state index is 13.7. The van der Waals surface area contributed by atoms with E-state index in [9.17, 15) is 14.9 Å². The van der Waals surface area contributed by atoms with Crippen molar-refractivity contribution in [1.82, 2.24) is 9.47 Å². The lowest BCUT2D eigenvalue weighted by Gasteiger charge is -2.32. The Kier molecular flexibility index (Phi) is 5.23. The number of ketones is 1. The fourth-order valence-corrected chi connectivity index (χ4v) is 4.97. The van der Waals surface area contributed by atoms with Crippen molar-refractivity contribution in [3.63, 3.8) is 0 Å². The Hall–Kier alpha value is -3.51. The summed E-state index contributed by atoms with van der Waals surface area (Å²) in [5.41, 5.74) is 2.18. The normalized spacial score (nSPS) is 17.1. The molecule has 5 rings (SSSR count). The molecular weight excluding hydrogens is 402 g/mol. The number of piperidine rings is 1. The highest BCUT2D eigenvalue weighted by Gasteiger charge is 2.24. The van der Waals surface area contributed by atoms with E-state index in [-0.39, 0.29) is 11.5 Å². The molecule has 0 aliphatic carbocycles. The largest absolute Gasteiger partial charge is 0.345 e. The van der Waals surface area contributed by atoms with Crippen LogP contribution in [0.1, 0.15) is 35.2 Å². The summed E-state index contributed by atoms with van der Waals surface area (Å²) in [6.45, 7) is 1.94. The Balaban J connectivity index is 1.61. The van der Waals surface area contributed by atoms with Gasteiger partial charge < -0.3 is 9.47 Å². The molecule has 0 amide bonds. The number of likely N-dealkylation sites (tertiary alicyclic amines) is 1. The van der Waals surface area contributed by atoms with Crippen LogP contribution in [0.4, 0.5) is 5.69 Å². The molecule has 1 fully saturated rings. The number of carbonyl (C=O) groups is 1. The van der Waals surface area contributed by atoms with Crippen LogP contribution < -0.4 is 0 Å². The van der Waals surface area contributed by atoms with Gasteiger partial charge >= 0.3 is 0 Å². The molecule has 0 saturated carbocycles. The van der Waals surface area contributed by atoms with Crippen molar-refractivity contribution in [2.75, 3.05) is 13.6 Å². The van der Waals surface area contributed by atoms with E-state index in [1.807, 2.05) is 30.5 Å². The highest BCUT2D eigenvalue weighted by Crippen LogP contribution is 2.32. The van der Waals surface area contributed by atoms with Gasteiger partial charge in [-0.1, -0.05) is 42.8 Å². The van der Waals surface area contributed by atoms with Gasteiger partial charge in [0.25, 0.3) is 5.69 Å². The van der Waals surface area contributed by atoms with Crippen molar-refractivity contribution in [3.8, 4) is 0 Å². The predicted octanol–water partition coefficient (Wildman–Crippen LogP) is 5.42. The van der Waals surface area contributed by atoms with Gasteiger partial charge in [0.15, 0.2) is 5.78 Å². The Labute approximate surface area is 186 Å². The average Bonchev–Trinajstić information content (AvgIpc) is 3.18. The molecule has 1 unspecified atom stereocenters. The summed E-state index contributed by atoms with van der Waals surface area (Å²) in [5, 5.41) is 13.5.